The maximum atomic E-state index is 12.9. The number of hydrogen-bond acceptors (Lipinski definition) is 4. The molecule has 0 saturated carbocycles. The number of piperidine rings is 1. The Morgan fingerprint density at radius 1 is 1.23 bits per heavy atom. The van der Waals surface area contributed by atoms with Crippen LogP contribution in [0.5, 0.6) is 0 Å². The highest BCUT2D eigenvalue weighted by Gasteiger charge is 2.49. The van der Waals surface area contributed by atoms with Crippen LogP contribution in [-0.4, -0.2) is 56.8 Å². The summed E-state index contributed by atoms with van der Waals surface area (Å²) in [7, 11) is 1.38. The topological polar surface area (TPSA) is 95.5 Å². The van der Waals surface area contributed by atoms with E-state index in [1.165, 1.54) is 13.2 Å². The lowest BCUT2D eigenvalue weighted by atomic mass is 9.78. The molecule has 2 fully saturated rings. The van der Waals surface area contributed by atoms with Crippen molar-refractivity contribution >= 4 is 11.8 Å². The number of nitrogens with zero attached hydrogens (tertiary/aromatic N) is 3. The van der Waals surface area contributed by atoms with Crippen LogP contribution < -0.4 is 11.2 Å². The molecule has 2 saturated heterocycles. The van der Waals surface area contributed by atoms with Crippen molar-refractivity contribution < 1.29 is 9.59 Å². The van der Waals surface area contributed by atoms with Crippen LogP contribution in [0, 0.1) is 5.41 Å². The number of rotatable bonds is 3. The highest BCUT2D eigenvalue weighted by Crippen LogP contribution is 2.40. The van der Waals surface area contributed by atoms with Gasteiger partial charge in [-0.1, -0.05) is 0 Å². The van der Waals surface area contributed by atoms with E-state index in [-0.39, 0.29) is 29.8 Å². The van der Waals surface area contributed by atoms with E-state index in [2.05, 4.69) is 4.98 Å². The Morgan fingerprint density at radius 2 is 1.96 bits per heavy atom. The van der Waals surface area contributed by atoms with Crippen LogP contribution in [-0.2, 0) is 23.1 Å². The van der Waals surface area contributed by atoms with E-state index in [1.54, 1.807) is 4.90 Å². The molecular weight excluding hydrogens is 336 g/mol. The van der Waals surface area contributed by atoms with E-state index in [1.807, 2.05) is 18.7 Å². The lowest BCUT2D eigenvalue weighted by Crippen LogP contribution is -2.52. The number of nitrogens with one attached hydrogen (secondary N) is 1. The quantitative estimate of drug-likeness (QED) is 0.810. The van der Waals surface area contributed by atoms with Crippen molar-refractivity contribution in [3.05, 3.63) is 32.6 Å². The first-order valence-electron chi connectivity index (χ1n) is 9.11. The van der Waals surface area contributed by atoms with Gasteiger partial charge in [-0.05, 0) is 33.1 Å². The van der Waals surface area contributed by atoms with E-state index in [0.717, 1.165) is 24.0 Å². The SMILES string of the molecule is CC(C)N1CCC[C@@]2(CCN(C(=O)Cc3c[nH]c(=O)n(C)c3=O)C2)C1=O. The second-order valence-corrected chi connectivity index (χ2v) is 7.70. The zero-order valence-electron chi connectivity index (χ0n) is 15.6. The van der Waals surface area contributed by atoms with Crippen molar-refractivity contribution in [3.8, 4) is 0 Å². The third-order valence-corrected chi connectivity index (χ3v) is 5.69. The Balaban J connectivity index is 1.73. The minimum atomic E-state index is -0.507. The van der Waals surface area contributed by atoms with Crippen LogP contribution >= 0.6 is 0 Å². The molecule has 3 rings (SSSR count). The zero-order valence-corrected chi connectivity index (χ0v) is 15.6. The van der Waals surface area contributed by atoms with Crippen LogP contribution in [0.1, 0.15) is 38.7 Å². The van der Waals surface area contributed by atoms with Gasteiger partial charge in [-0.2, -0.15) is 0 Å². The third-order valence-electron chi connectivity index (χ3n) is 5.69. The molecule has 3 heterocycles. The Hall–Kier alpha value is -2.38. The first-order valence-corrected chi connectivity index (χ1v) is 9.11. The lowest BCUT2D eigenvalue weighted by Gasteiger charge is -2.41. The number of likely N-dealkylation sites (tertiary alicyclic amines) is 2. The van der Waals surface area contributed by atoms with Crippen molar-refractivity contribution in [2.45, 2.75) is 45.6 Å². The number of amides is 2. The summed E-state index contributed by atoms with van der Waals surface area (Å²) in [6.45, 7) is 5.75. The number of carbonyl (C=O) groups excluding carboxylic acids is 2. The molecule has 1 N–H and O–H groups in total. The second kappa shape index (κ2) is 6.74. The van der Waals surface area contributed by atoms with Crippen molar-refractivity contribution in [2.75, 3.05) is 19.6 Å². The molecular formula is C18H26N4O4. The molecule has 1 aromatic heterocycles. The first-order chi connectivity index (χ1) is 12.2. The van der Waals surface area contributed by atoms with E-state index in [9.17, 15) is 19.2 Å². The number of carbonyl (C=O) groups is 2. The molecule has 0 radical (unpaired) electrons. The van der Waals surface area contributed by atoms with Gasteiger partial charge in [0, 0.05) is 44.5 Å². The molecule has 0 bridgehead atoms. The summed E-state index contributed by atoms with van der Waals surface area (Å²) in [6.07, 6.45) is 3.67. The number of aromatic amines is 1. The smallest absolute Gasteiger partial charge is 0.328 e. The van der Waals surface area contributed by atoms with Crippen LogP contribution in [0.25, 0.3) is 0 Å². The largest absolute Gasteiger partial charge is 0.341 e. The zero-order chi connectivity index (χ0) is 19.1. The van der Waals surface area contributed by atoms with Gasteiger partial charge in [0.25, 0.3) is 5.56 Å². The highest BCUT2D eigenvalue weighted by molar-refractivity contribution is 5.86. The molecule has 0 unspecified atom stereocenters. The van der Waals surface area contributed by atoms with Crippen LogP contribution in [0.2, 0.25) is 0 Å². The normalized spacial score (nSPS) is 23.3. The van der Waals surface area contributed by atoms with E-state index < -0.39 is 16.7 Å². The maximum Gasteiger partial charge on any atom is 0.328 e. The van der Waals surface area contributed by atoms with Crippen LogP contribution in [0.3, 0.4) is 0 Å². The van der Waals surface area contributed by atoms with Crippen molar-refractivity contribution in [3.63, 3.8) is 0 Å². The number of hydrogen-bond donors (Lipinski definition) is 1. The fraction of sp³-hybridized carbons (Fsp3) is 0.667. The molecule has 1 spiro atoms. The fourth-order valence-electron chi connectivity index (χ4n) is 4.07. The Labute approximate surface area is 151 Å². The molecule has 0 aliphatic carbocycles. The van der Waals surface area contributed by atoms with Crippen molar-refractivity contribution in [1.29, 1.82) is 0 Å². The fourth-order valence-corrected chi connectivity index (χ4v) is 4.07. The van der Waals surface area contributed by atoms with E-state index in [0.29, 0.717) is 19.5 Å². The predicted molar refractivity (Wildman–Crippen MR) is 95.7 cm³/mol. The third kappa shape index (κ3) is 3.08. The predicted octanol–water partition coefficient (Wildman–Crippen LogP) is -0.134. The summed E-state index contributed by atoms with van der Waals surface area (Å²) in [5.41, 5.74) is -1.19. The minimum absolute atomic E-state index is 0.0678. The van der Waals surface area contributed by atoms with Gasteiger partial charge in [-0.25, -0.2) is 4.79 Å². The maximum absolute atomic E-state index is 12.9. The summed E-state index contributed by atoms with van der Waals surface area (Å²) >= 11 is 0. The summed E-state index contributed by atoms with van der Waals surface area (Å²) in [6, 6.07) is 0.161. The molecule has 0 aromatic carbocycles. The Morgan fingerprint density at radius 3 is 2.65 bits per heavy atom. The molecule has 1 atom stereocenters. The van der Waals surface area contributed by atoms with Gasteiger partial charge in [0.05, 0.1) is 11.8 Å². The Kier molecular flexibility index (Phi) is 4.77. The average Bonchev–Trinajstić information content (AvgIpc) is 3.03. The minimum Gasteiger partial charge on any atom is -0.341 e. The van der Waals surface area contributed by atoms with Gasteiger partial charge in [-0.3, -0.25) is 19.0 Å². The second-order valence-electron chi connectivity index (χ2n) is 7.70. The first kappa shape index (κ1) is 18.4. The Bertz CT molecular complexity index is 840. The number of H-pyrrole nitrogens is 1. The summed E-state index contributed by atoms with van der Waals surface area (Å²) in [5, 5.41) is 0. The van der Waals surface area contributed by atoms with Gasteiger partial charge < -0.3 is 14.8 Å². The molecule has 26 heavy (non-hydrogen) atoms. The standard InChI is InChI=1S/C18H26N4O4/c1-12(2)22-7-4-5-18(16(22)25)6-8-21(11-18)14(23)9-13-10-19-17(26)20(3)15(13)24/h10,12H,4-9,11H2,1-3H3,(H,19,26)/t18-/m0/s1. The lowest BCUT2D eigenvalue weighted by molar-refractivity contribution is -0.148. The molecule has 2 aliphatic heterocycles. The van der Waals surface area contributed by atoms with E-state index in [4.69, 9.17) is 0 Å². The summed E-state index contributed by atoms with van der Waals surface area (Å²) < 4.78 is 0.958. The van der Waals surface area contributed by atoms with Gasteiger partial charge >= 0.3 is 5.69 Å². The average molecular weight is 362 g/mol. The van der Waals surface area contributed by atoms with Gasteiger partial charge in [-0.15, -0.1) is 0 Å². The van der Waals surface area contributed by atoms with Gasteiger partial charge in [0.2, 0.25) is 11.8 Å². The molecule has 1 aromatic rings. The molecule has 8 heteroatoms. The molecule has 8 nitrogen and oxygen atoms in total. The molecule has 142 valence electrons. The van der Waals surface area contributed by atoms with Gasteiger partial charge in [0.1, 0.15) is 0 Å². The number of aromatic nitrogens is 2. The monoisotopic (exact) mass is 362 g/mol. The molecule has 2 aliphatic rings. The van der Waals surface area contributed by atoms with Crippen LogP contribution in [0.15, 0.2) is 15.8 Å². The highest BCUT2D eigenvalue weighted by atomic mass is 16.2. The van der Waals surface area contributed by atoms with Crippen LogP contribution in [0.4, 0.5) is 0 Å². The molecule has 2 amide bonds. The van der Waals surface area contributed by atoms with Crippen molar-refractivity contribution in [1.82, 2.24) is 19.4 Å². The van der Waals surface area contributed by atoms with E-state index >= 15 is 0 Å². The van der Waals surface area contributed by atoms with Gasteiger partial charge in [0.15, 0.2) is 0 Å². The summed E-state index contributed by atoms with van der Waals surface area (Å²) in [5.74, 6) is -0.0329. The summed E-state index contributed by atoms with van der Waals surface area (Å²) in [4.78, 5) is 55.2. The van der Waals surface area contributed by atoms with Crippen molar-refractivity contribution in [2.24, 2.45) is 12.5 Å².